The van der Waals surface area contributed by atoms with Crippen molar-refractivity contribution in [2.75, 3.05) is 0 Å². The molecule has 16 heavy (non-hydrogen) atoms. The summed E-state index contributed by atoms with van der Waals surface area (Å²) in [5.41, 5.74) is 1.09. The Morgan fingerprint density at radius 1 is 1.31 bits per heavy atom. The summed E-state index contributed by atoms with van der Waals surface area (Å²) in [7, 11) is 1.68. The van der Waals surface area contributed by atoms with Gasteiger partial charge in [0.05, 0.1) is 12.0 Å². The molecule has 0 unspecified atom stereocenters. The van der Waals surface area contributed by atoms with Crippen molar-refractivity contribution in [2.45, 2.75) is 0 Å². The number of aromatic nitrogens is 2. The van der Waals surface area contributed by atoms with E-state index in [4.69, 9.17) is 5.26 Å². The summed E-state index contributed by atoms with van der Waals surface area (Å²) < 4.78 is 27.4. The van der Waals surface area contributed by atoms with Crippen LogP contribution in [0, 0.1) is 23.0 Å². The van der Waals surface area contributed by atoms with Gasteiger partial charge in [-0.15, -0.1) is 0 Å². The fourth-order valence-corrected chi connectivity index (χ4v) is 1.50. The molecular weight excluding hydrogens is 212 g/mol. The molecule has 1 aromatic heterocycles. The van der Waals surface area contributed by atoms with Crippen molar-refractivity contribution < 1.29 is 8.78 Å². The molecule has 0 saturated heterocycles. The molecule has 0 N–H and O–H groups in total. The third-order valence-electron chi connectivity index (χ3n) is 2.24. The van der Waals surface area contributed by atoms with Gasteiger partial charge in [-0.05, 0) is 18.2 Å². The molecule has 80 valence electrons. The molecule has 0 aliphatic heterocycles. The molecule has 0 aliphatic rings. The van der Waals surface area contributed by atoms with Gasteiger partial charge in [0, 0.05) is 12.6 Å². The summed E-state index contributed by atoms with van der Waals surface area (Å²) in [4.78, 5) is 3.85. The second kappa shape index (κ2) is 3.74. The van der Waals surface area contributed by atoms with Gasteiger partial charge in [0.15, 0.2) is 17.3 Å². The third kappa shape index (κ3) is 1.54. The maximum atomic E-state index is 13.1. The van der Waals surface area contributed by atoms with Crippen molar-refractivity contribution in [3.05, 3.63) is 41.9 Å². The van der Waals surface area contributed by atoms with Crippen molar-refractivity contribution in [3.8, 4) is 17.3 Å². The minimum atomic E-state index is -0.942. The Morgan fingerprint density at radius 3 is 2.69 bits per heavy atom. The number of halogens is 2. The number of nitrogens with zero attached hydrogens (tertiary/aromatic N) is 3. The van der Waals surface area contributed by atoms with Gasteiger partial charge in [-0.3, -0.25) is 0 Å². The van der Waals surface area contributed by atoms with Gasteiger partial charge >= 0.3 is 0 Å². The fourth-order valence-electron chi connectivity index (χ4n) is 1.50. The summed E-state index contributed by atoms with van der Waals surface area (Å²) >= 11 is 0. The highest BCUT2D eigenvalue weighted by molar-refractivity contribution is 5.65. The van der Waals surface area contributed by atoms with Gasteiger partial charge in [0.2, 0.25) is 0 Å². The Hall–Kier alpha value is -2.22. The molecule has 5 heteroatoms. The van der Waals surface area contributed by atoms with Crippen molar-refractivity contribution in [3.63, 3.8) is 0 Å². The average Bonchev–Trinajstić information content (AvgIpc) is 2.64. The zero-order chi connectivity index (χ0) is 11.7. The first kappa shape index (κ1) is 10.3. The van der Waals surface area contributed by atoms with E-state index in [1.165, 1.54) is 12.4 Å². The summed E-state index contributed by atoms with van der Waals surface area (Å²) in [5, 5.41) is 8.82. The Labute approximate surface area is 90.6 Å². The number of aryl methyl sites for hydroxylation is 1. The molecule has 0 aliphatic carbocycles. The number of imidazole rings is 1. The van der Waals surface area contributed by atoms with Crippen LogP contribution in [0.3, 0.4) is 0 Å². The van der Waals surface area contributed by atoms with E-state index in [2.05, 4.69) is 4.98 Å². The van der Waals surface area contributed by atoms with Crippen molar-refractivity contribution >= 4 is 0 Å². The Morgan fingerprint density at radius 2 is 2.06 bits per heavy atom. The van der Waals surface area contributed by atoms with E-state index in [0.717, 1.165) is 12.1 Å². The molecule has 0 spiro atoms. The standard InChI is InChI=1S/C11H7F2N3/c1-16-6-15-10(5-14)11(16)7-2-3-8(12)9(13)4-7/h2-4,6H,1H3. The molecule has 3 nitrogen and oxygen atoms in total. The third-order valence-corrected chi connectivity index (χ3v) is 2.24. The summed E-state index contributed by atoms with van der Waals surface area (Å²) in [6.07, 6.45) is 1.45. The number of benzene rings is 1. The lowest BCUT2D eigenvalue weighted by Crippen LogP contribution is -1.93. The van der Waals surface area contributed by atoms with Crippen LogP contribution in [-0.2, 0) is 7.05 Å². The van der Waals surface area contributed by atoms with Gasteiger partial charge in [-0.2, -0.15) is 5.26 Å². The van der Waals surface area contributed by atoms with Gasteiger partial charge in [0.1, 0.15) is 6.07 Å². The minimum Gasteiger partial charge on any atom is -0.333 e. The lowest BCUT2D eigenvalue weighted by molar-refractivity contribution is 0.509. The van der Waals surface area contributed by atoms with Crippen LogP contribution in [-0.4, -0.2) is 9.55 Å². The van der Waals surface area contributed by atoms with Crippen LogP contribution in [0.25, 0.3) is 11.3 Å². The monoisotopic (exact) mass is 219 g/mol. The highest BCUT2D eigenvalue weighted by Gasteiger charge is 2.12. The highest BCUT2D eigenvalue weighted by Crippen LogP contribution is 2.23. The molecule has 2 rings (SSSR count). The Kier molecular flexibility index (Phi) is 2.41. The van der Waals surface area contributed by atoms with E-state index in [1.807, 2.05) is 6.07 Å². The fraction of sp³-hybridized carbons (Fsp3) is 0.0909. The summed E-state index contributed by atoms with van der Waals surface area (Å²) in [6, 6.07) is 5.39. The van der Waals surface area contributed by atoms with E-state index in [9.17, 15) is 8.78 Å². The first-order valence-electron chi connectivity index (χ1n) is 4.50. The molecule has 0 amide bonds. The molecule has 2 aromatic rings. The SMILES string of the molecule is Cn1cnc(C#N)c1-c1ccc(F)c(F)c1. The number of hydrogen-bond acceptors (Lipinski definition) is 2. The average molecular weight is 219 g/mol. The van der Waals surface area contributed by atoms with Crippen LogP contribution in [0.2, 0.25) is 0 Å². The van der Waals surface area contributed by atoms with Gasteiger partial charge in [-0.1, -0.05) is 0 Å². The predicted molar refractivity (Wildman–Crippen MR) is 53.3 cm³/mol. The van der Waals surface area contributed by atoms with E-state index in [0.29, 0.717) is 11.3 Å². The van der Waals surface area contributed by atoms with E-state index in [1.54, 1.807) is 11.6 Å². The summed E-state index contributed by atoms with van der Waals surface area (Å²) in [5.74, 6) is -1.85. The molecule has 0 bridgehead atoms. The smallest absolute Gasteiger partial charge is 0.166 e. The minimum absolute atomic E-state index is 0.188. The normalized spacial score (nSPS) is 10.1. The quantitative estimate of drug-likeness (QED) is 0.738. The van der Waals surface area contributed by atoms with Crippen molar-refractivity contribution in [1.82, 2.24) is 9.55 Å². The molecular formula is C11H7F2N3. The number of rotatable bonds is 1. The predicted octanol–water partition coefficient (Wildman–Crippen LogP) is 2.24. The van der Waals surface area contributed by atoms with E-state index in [-0.39, 0.29) is 5.69 Å². The lowest BCUT2D eigenvalue weighted by Gasteiger charge is -2.03. The van der Waals surface area contributed by atoms with Gasteiger partial charge < -0.3 is 4.57 Å². The first-order chi connectivity index (χ1) is 7.63. The van der Waals surface area contributed by atoms with Crippen LogP contribution in [0.15, 0.2) is 24.5 Å². The largest absolute Gasteiger partial charge is 0.333 e. The summed E-state index contributed by atoms with van der Waals surface area (Å²) in [6.45, 7) is 0. The molecule has 1 heterocycles. The zero-order valence-corrected chi connectivity index (χ0v) is 8.41. The van der Waals surface area contributed by atoms with E-state index >= 15 is 0 Å². The first-order valence-corrected chi connectivity index (χ1v) is 4.50. The van der Waals surface area contributed by atoms with Gasteiger partial charge in [-0.25, -0.2) is 13.8 Å². The van der Waals surface area contributed by atoms with Crippen molar-refractivity contribution in [2.24, 2.45) is 7.05 Å². The lowest BCUT2D eigenvalue weighted by atomic mass is 10.1. The van der Waals surface area contributed by atoms with Crippen molar-refractivity contribution in [1.29, 1.82) is 5.26 Å². The molecule has 0 fully saturated rings. The van der Waals surface area contributed by atoms with Crippen LogP contribution < -0.4 is 0 Å². The number of hydrogen-bond donors (Lipinski definition) is 0. The number of nitriles is 1. The van der Waals surface area contributed by atoms with Crippen LogP contribution in [0.4, 0.5) is 8.78 Å². The molecule has 1 aromatic carbocycles. The molecule has 0 atom stereocenters. The maximum Gasteiger partial charge on any atom is 0.166 e. The molecule has 0 radical (unpaired) electrons. The van der Waals surface area contributed by atoms with E-state index < -0.39 is 11.6 Å². The van der Waals surface area contributed by atoms with Crippen LogP contribution in [0.1, 0.15) is 5.69 Å². The second-order valence-electron chi connectivity index (χ2n) is 3.29. The Bertz CT molecular complexity index is 581. The zero-order valence-electron chi connectivity index (χ0n) is 8.41. The molecule has 0 saturated carbocycles. The van der Waals surface area contributed by atoms with Crippen LogP contribution >= 0.6 is 0 Å². The maximum absolute atomic E-state index is 13.1. The highest BCUT2D eigenvalue weighted by atomic mass is 19.2. The van der Waals surface area contributed by atoms with Crippen LogP contribution in [0.5, 0.6) is 0 Å². The Balaban J connectivity index is 2.63. The van der Waals surface area contributed by atoms with Gasteiger partial charge in [0.25, 0.3) is 0 Å². The topological polar surface area (TPSA) is 41.6 Å². The second-order valence-corrected chi connectivity index (χ2v) is 3.29.